The van der Waals surface area contributed by atoms with Crippen LogP contribution in [0.25, 0.3) is 11.0 Å². The molecule has 1 atom stereocenters. The number of imidazole rings is 1. The van der Waals surface area contributed by atoms with Crippen molar-refractivity contribution in [2.75, 3.05) is 13.7 Å². The lowest BCUT2D eigenvalue weighted by Gasteiger charge is -2.17. The minimum atomic E-state index is -0.289. The van der Waals surface area contributed by atoms with Gasteiger partial charge in [0, 0.05) is 5.56 Å². The molecule has 1 aromatic heterocycles. The van der Waals surface area contributed by atoms with Crippen LogP contribution in [0.3, 0.4) is 0 Å². The number of amides is 1. The largest absolute Gasteiger partial charge is 0.497 e. The fraction of sp³-hybridized carbons (Fsp3) is 0.200. The zero-order valence-electron chi connectivity index (χ0n) is 17.6. The van der Waals surface area contributed by atoms with Crippen molar-refractivity contribution < 1.29 is 14.3 Å². The van der Waals surface area contributed by atoms with Gasteiger partial charge in [-0.2, -0.15) is 0 Å². The Bertz CT molecular complexity index is 1170. The average Bonchev–Trinajstić information content (AvgIpc) is 3.18. The number of ether oxygens (including phenoxy) is 2. The molecule has 0 bridgehead atoms. The predicted octanol–water partition coefficient (Wildman–Crippen LogP) is 4.61. The molecule has 0 aliphatic heterocycles. The summed E-state index contributed by atoms with van der Waals surface area (Å²) in [5.74, 6) is 2.08. The molecule has 31 heavy (non-hydrogen) atoms. The molecule has 0 aliphatic carbocycles. The highest BCUT2D eigenvalue weighted by Gasteiger charge is 2.19. The first-order valence-electron chi connectivity index (χ1n) is 10.2. The number of benzene rings is 3. The van der Waals surface area contributed by atoms with Gasteiger partial charge in [-0.3, -0.25) is 4.79 Å². The number of carbonyl (C=O) groups is 1. The maximum atomic E-state index is 12.8. The van der Waals surface area contributed by atoms with Crippen molar-refractivity contribution in [2.24, 2.45) is 0 Å². The second kappa shape index (κ2) is 9.34. The number of nitrogens with zero attached hydrogens (tertiary/aromatic N) is 2. The molecule has 6 nitrogen and oxygen atoms in total. The molecule has 4 aromatic rings. The molecule has 0 aliphatic rings. The summed E-state index contributed by atoms with van der Waals surface area (Å²) in [6, 6.07) is 24.5. The summed E-state index contributed by atoms with van der Waals surface area (Å²) in [6.07, 6.45) is 0. The van der Waals surface area contributed by atoms with Gasteiger partial charge in [0.2, 0.25) is 0 Å². The van der Waals surface area contributed by atoms with Gasteiger partial charge in [0.15, 0.2) is 0 Å². The third-order valence-electron chi connectivity index (χ3n) is 5.08. The highest BCUT2D eigenvalue weighted by atomic mass is 16.5. The highest BCUT2D eigenvalue weighted by Crippen LogP contribution is 2.22. The lowest BCUT2D eigenvalue weighted by atomic mass is 10.2. The third-order valence-corrected chi connectivity index (χ3v) is 5.08. The number of aromatic nitrogens is 2. The number of para-hydroxylation sites is 3. The highest BCUT2D eigenvalue weighted by molar-refractivity contribution is 5.94. The van der Waals surface area contributed by atoms with E-state index in [2.05, 4.69) is 9.88 Å². The Labute approximate surface area is 181 Å². The second-order valence-corrected chi connectivity index (χ2v) is 7.20. The van der Waals surface area contributed by atoms with Gasteiger partial charge in [-0.1, -0.05) is 36.4 Å². The molecule has 0 radical (unpaired) electrons. The van der Waals surface area contributed by atoms with E-state index >= 15 is 0 Å². The van der Waals surface area contributed by atoms with Gasteiger partial charge in [0.05, 0.1) is 30.7 Å². The van der Waals surface area contributed by atoms with Gasteiger partial charge in [0.25, 0.3) is 5.91 Å². The Hall–Kier alpha value is -3.80. The van der Waals surface area contributed by atoms with Gasteiger partial charge >= 0.3 is 0 Å². The fourth-order valence-electron chi connectivity index (χ4n) is 3.54. The number of rotatable bonds is 8. The van der Waals surface area contributed by atoms with Crippen LogP contribution in [0, 0.1) is 0 Å². The van der Waals surface area contributed by atoms with E-state index in [0.717, 1.165) is 22.6 Å². The standard InChI is InChI=1S/C25H25N3O3/c1-18(26-25(29)19-9-8-12-21(17-19)30-2)24-27-22-13-6-7-14-23(22)28(24)15-16-31-20-10-4-3-5-11-20/h3-14,17-18H,15-16H2,1-2H3,(H,26,29). The smallest absolute Gasteiger partial charge is 0.251 e. The molecule has 1 heterocycles. The molecule has 1 amide bonds. The van der Waals surface area contributed by atoms with Crippen LogP contribution in [0.15, 0.2) is 78.9 Å². The van der Waals surface area contributed by atoms with Crippen molar-refractivity contribution in [3.05, 3.63) is 90.3 Å². The molecular weight excluding hydrogens is 390 g/mol. The molecule has 4 rings (SSSR count). The van der Waals surface area contributed by atoms with Crippen molar-refractivity contribution in [1.29, 1.82) is 0 Å². The van der Waals surface area contributed by atoms with Gasteiger partial charge < -0.3 is 19.4 Å². The Kier molecular flexibility index (Phi) is 6.17. The van der Waals surface area contributed by atoms with Gasteiger partial charge in [0.1, 0.15) is 23.9 Å². The third kappa shape index (κ3) is 4.69. The van der Waals surface area contributed by atoms with Crippen LogP contribution in [0.5, 0.6) is 11.5 Å². The van der Waals surface area contributed by atoms with Crippen LogP contribution in [0.4, 0.5) is 0 Å². The first-order chi connectivity index (χ1) is 15.2. The lowest BCUT2D eigenvalue weighted by Crippen LogP contribution is -2.29. The average molecular weight is 415 g/mol. The topological polar surface area (TPSA) is 65.4 Å². The summed E-state index contributed by atoms with van der Waals surface area (Å²) in [7, 11) is 1.58. The molecule has 0 spiro atoms. The Morgan fingerprint density at radius 2 is 1.74 bits per heavy atom. The van der Waals surface area contributed by atoms with Crippen LogP contribution in [-0.4, -0.2) is 29.2 Å². The molecular formula is C25H25N3O3. The number of methoxy groups -OCH3 is 1. The molecule has 1 N–H and O–H groups in total. The zero-order chi connectivity index (χ0) is 21.6. The predicted molar refractivity (Wildman–Crippen MR) is 121 cm³/mol. The van der Waals surface area contributed by atoms with Crippen molar-refractivity contribution in [3.8, 4) is 11.5 Å². The number of hydrogen-bond acceptors (Lipinski definition) is 4. The van der Waals surface area contributed by atoms with E-state index < -0.39 is 0 Å². The van der Waals surface area contributed by atoms with Crippen LogP contribution < -0.4 is 14.8 Å². The van der Waals surface area contributed by atoms with Gasteiger partial charge in [-0.25, -0.2) is 4.98 Å². The molecule has 158 valence electrons. The second-order valence-electron chi connectivity index (χ2n) is 7.20. The quantitative estimate of drug-likeness (QED) is 0.456. The zero-order valence-corrected chi connectivity index (χ0v) is 17.6. The molecule has 0 fully saturated rings. The van der Waals surface area contributed by atoms with Crippen LogP contribution >= 0.6 is 0 Å². The number of fused-ring (bicyclic) bond motifs is 1. The van der Waals surface area contributed by atoms with E-state index in [1.54, 1.807) is 25.3 Å². The van der Waals surface area contributed by atoms with E-state index in [1.165, 1.54) is 0 Å². The molecule has 1 unspecified atom stereocenters. The van der Waals surface area contributed by atoms with Crippen LogP contribution in [0.2, 0.25) is 0 Å². The maximum Gasteiger partial charge on any atom is 0.251 e. The number of hydrogen-bond donors (Lipinski definition) is 1. The molecule has 6 heteroatoms. The number of nitrogens with one attached hydrogen (secondary N) is 1. The van der Waals surface area contributed by atoms with Crippen LogP contribution in [0.1, 0.15) is 29.1 Å². The first kappa shape index (κ1) is 20.5. The first-order valence-corrected chi connectivity index (χ1v) is 10.2. The van der Waals surface area contributed by atoms with Crippen LogP contribution in [-0.2, 0) is 6.54 Å². The van der Waals surface area contributed by atoms with Crippen molar-refractivity contribution in [2.45, 2.75) is 19.5 Å². The van der Waals surface area contributed by atoms with E-state index in [9.17, 15) is 4.79 Å². The normalized spacial score (nSPS) is 11.8. The van der Waals surface area contributed by atoms with E-state index in [4.69, 9.17) is 14.5 Å². The Morgan fingerprint density at radius 3 is 2.55 bits per heavy atom. The van der Waals surface area contributed by atoms with E-state index in [-0.39, 0.29) is 11.9 Å². The SMILES string of the molecule is COc1cccc(C(=O)NC(C)c2nc3ccccc3n2CCOc2ccccc2)c1. The fourth-order valence-corrected chi connectivity index (χ4v) is 3.54. The number of carbonyl (C=O) groups excluding carboxylic acids is 1. The molecule has 3 aromatic carbocycles. The summed E-state index contributed by atoms with van der Waals surface area (Å²) in [5, 5.41) is 3.05. The molecule has 0 saturated carbocycles. The van der Waals surface area contributed by atoms with E-state index in [0.29, 0.717) is 24.5 Å². The van der Waals surface area contributed by atoms with Crippen molar-refractivity contribution in [3.63, 3.8) is 0 Å². The maximum absolute atomic E-state index is 12.8. The Balaban J connectivity index is 1.54. The monoisotopic (exact) mass is 415 g/mol. The minimum absolute atomic E-state index is 0.175. The Morgan fingerprint density at radius 1 is 1.00 bits per heavy atom. The summed E-state index contributed by atoms with van der Waals surface area (Å²) in [5.41, 5.74) is 2.44. The van der Waals surface area contributed by atoms with E-state index in [1.807, 2.05) is 67.6 Å². The van der Waals surface area contributed by atoms with Crippen molar-refractivity contribution in [1.82, 2.24) is 14.9 Å². The van der Waals surface area contributed by atoms with Crippen molar-refractivity contribution >= 4 is 16.9 Å². The minimum Gasteiger partial charge on any atom is -0.497 e. The summed E-state index contributed by atoms with van der Waals surface area (Å²) in [6.45, 7) is 3.05. The lowest BCUT2D eigenvalue weighted by molar-refractivity contribution is 0.0937. The summed E-state index contributed by atoms with van der Waals surface area (Å²) >= 11 is 0. The molecule has 0 saturated heterocycles. The van der Waals surface area contributed by atoms with Gasteiger partial charge in [-0.15, -0.1) is 0 Å². The summed E-state index contributed by atoms with van der Waals surface area (Å²) < 4.78 is 13.2. The van der Waals surface area contributed by atoms with Gasteiger partial charge in [-0.05, 0) is 49.4 Å². The summed E-state index contributed by atoms with van der Waals surface area (Å²) in [4.78, 5) is 17.6.